The molecule has 22 heavy (non-hydrogen) atoms. The van der Waals surface area contributed by atoms with E-state index in [1.54, 1.807) is 11.8 Å². The lowest BCUT2D eigenvalue weighted by Gasteiger charge is -2.16. The molecule has 1 atom stereocenters. The standard InChI is InChI=1S/C19H22O2S/c1-3-21-19(20)13-17(16-11-9-15(2)10-12-16)14-22-18-7-5-4-6-8-18/h4-12,17H,3,13-14H2,1-2H3. The van der Waals surface area contributed by atoms with Gasteiger partial charge in [0.1, 0.15) is 0 Å². The van der Waals surface area contributed by atoms with Crippen molar-refractivity contribution in [1.29, 1.82) is 0 Å². The van der Waals surface area contributed by atoms with Gasteiger partial charge in [0.25, 0.3) is 0 Å². The van der Waals surface area contributed by atoms with Gasteiger partial charge in [0.15, 0.2) is 0 Å². The van der Waals surface area contributed by atoms with E-state index in [4.69, 9.17) is 4.74 Å². The summed E-state index contributed by atoms with van der Waals surface area (Å²) >= 11 is 1.78. The summed E-state index contributed by atoms with van der Waals surface area (Å²) in [5, 5.41) is 0. The molecule has 0 aliphatic heterocycles. The first kappa shape index (κ1) is 16.6. The largest absolute Gasteiger partial charge is 0.466 e. The van der Waals surface area contributed by atoms with Gasteiger partial charge in [0.2, 0.25) is 0 Å². The second-order valence-electron chi connectivity index (χ2n) is 5.24. The van der Waals surface area contributed by atoms with Crippen LogP contribution in [0.15, 0.2) is 59.5 Å². The fourth-order valence-corrected chi connectivity index (χ4v) is 3.30. The van der Waals surface area contributed by atoms with E-state index in [9.17, 15) is 4.79 Å². The highest BCUT2D eigenvalue weighted by atomic mass is 32.2. The van der Waals surface area contributed by atoms with E-state index in [-0.39, 0.29) is 11.9 Å². The summed E-state index contributed by atoms with van der Waals surface area (Å²) < 4.78 is 5.12. The van der Waals surface area contributed by atoms with Gasteiger partial charge in [-0.3, -0.25) is 4.79 Å². The number of carbonyl (C=O) groups is 1. The Morgan fingerprint density at radius 3 is 2.41 bits per heavy atom. The van der Waals surface area contributed by atoms with Crippen molar-refractivity contribution in [2.75, 3.05) is 12.4 Å². The Hall–Kier alpha value is -1.74. The lowest BCUT2D eigenvalue weighted by Crippen LogP contribution is -2.12. The zero-order valence-electron chi connectivity index (χ0n) is 13.1. The highest BCUT2D eigenvalue weighted by Gasteiger charge is 2.17. The third-order valence-electron chi connectivity index (χ3n) is 3.46. The van der Waals surface area contributed by atoms with Gasteiger partial charge in [-0.2, -0.15) is 0 Å². The topological polar surface area (TPSA) is 26.3 Å². The van der Waals surface area contributed by atoms with Crippen LogP contribution in [0.2, 0.25) is 0 Å². The Labute approximate surface area is 136 Å². The molecule has 0 fully saturated rings. The summed E-state index contributed by atoms with van der Waals surface area (Å²) in [4.78, 5) is 13.1. The van der Waals surface area contributed by atoms with Crippen molar-refractivity contribution in [2.24, 2.45) is 0 Å². The smallest absolute Gasteiger partial charge is 0.306 e. The summed E-state index contributed by atoms with van der Waals surface area (Å²) in [5.41, 5.74) is 2.43. The first-order valence-corrected chi connectivity index (χ1v) is 8.57. The highest BCUT2D eigenvalue weighted by Crippen LogP contribution is 2.29. The van der Waals surface area contributed by atoms with Crippen molar-refractivity contribution in [2.45, 2.75) is 31.1 Å². The van der Waals surface area contributed by atoms with Crippen LogP contribution in [0.4, 0.5) is 0 Å². The van der Waals surface area contributed by atoms with E-state index >= 15 is 0 Å². The number of benzene rings is 2. The third-order valence-corrected chi connectivity index (χ3v) is 4.64. The minimum atomic E-state index is -0.123. The second kappa shape index (κ2) is 8.64. The lowest BCUT2D eigenvalue weighted by atomic mass is 9.97. The monoisotopic (exact) mass is 314 g/mol. The summed E-state index contributed by atoms with van der Waals surface area (Å²) in [5.74, 6) is 0.915. The minimum absolute atomic E-state index is 0.123. The predicted octanol–water partition coefficient (Wildman–Crippen LogP) is 4.82. The molecule has 0 heterocycles. The van der Waals surface area contributed by atoms with Gasteiger partial charge in [0.05, 0.1) is 13.0 Å². The first-order valence-electron chi connectivity index (χ1n) is 7.59. The minimum Gasteiger partial charge on any atom is -0.466 e. The molecule has 0 aliphatic carbocycles. The van der Waals surface area contributed by atoms with E-state index in [1.165, 1.54) is 16.0 Å². The maximum Gasteiger partial charge on any atom is 0.306 e. The molecule has 0 amide bonds. The van der Waals surface area contributed by atoms with E-state index in [0.29, 0.717) is 13.0 Å². The van der Waals surface area contributed by atoms with Crippen molar-refractivity contribution in [3.05, 3.63) is 65.7 Å². The van der Waals surface area contributed by atoms with Crippen LogP contribution in [0.5, 0.6) is 0 Å². The SMILES string of the molecule is CCOC(=O)CC(CSc1ccccc1)c1ccc(C)cc1. The Kier molecular flexibility index (Phi) is 6.53. The molecule has 0 saturated carbocycles. The molecule has 0 radical (unpaired) electrons. The molecule has 0 N–H and O–H groups in total. The van der Waals surface area contributed by atoms with Gasteiger partial charge < -0.3 is 4.74 Å². The van der Waals surface area contributed by atoms with Crippen LogP contribution in [0.3, 0.4) is 0 Å². The molecule has 0 bridgehead atoms. The van der Waals surface area contributed by atoms with Crippen molar-refractivity contribution in [3.8, 4) is 0 Å². The highest BCUT2D eigenvalue weighted by molar-refractivity contribution is 7.99. The van der Waals surface area contributed by atoms with Gasteiger partial charge in [-0.1, -0.05) is 48.0 Å². The van der Waals surface area contributed by atoms with Crippen molar-refractivity contribution in [1.82, 2.24) is 0 Å². The fourth-order valence-electron chi connectivity index (χ4n) is 2.25. The Morgan fingerprint density at radius 2 is 1.77 bits per heavy atom. The molecule has 2 nitrogen and oxygen atoms in total. The molecule has 2 aromatic carbocycles. The van der Waals surface area contributed by atoms with E-state index in [1.807, 2.05) is 25.1 Å². The zero-order chi connectivity index (χ0) is 15.8. The molecular weight excluding hydrogens is 292 g/mol. The quantitative estimate of drug-likeness (QED) is 0.541. The molecule has 2 rings (SSSR count). The van der Waals surface area contributed by atoms with Gasteiger partial charge in [-0.05, 0) is 31.5 Å². The van der Waals surface area contributed by atoms with Crippen LogP contribution in [-0.2, 0) is 9.53 Å². The normalized spacial score (nSPS) is 11.9. The molecule has 3 heteroatoms. The maximum absolute atomic E-state index is 11.9. The second-order valence-corrected chi connectivity index (χ2v) is 6.33. The van der Waals surface area contributed by atoms with Gasteiger partial charge >= 0.3 is 5.97 Å². The lowest BCUT2D eigenvalue weighted by molar-refractivity contribution is -0.143. The predicted molar refractivity (Wildman–Crippen MR) is 92.3 cm³/mol. The summed E-state index contributed by atoms with van der Waals surface area (Å²) in [6.45, 7) is 4.35. The van der Waals surface area contributed by atoms with Gasteiger partial charge in [-0.25, -0.2) is 0 Å². The molecule has 0 saturated heterocycles. The molecule has 0 aromatic heterocycles. The number of aryl methyl sites for hydroxylation is 1. The average Bonchev–Trinajstić information content (AvgIpc) is 2.53. The number of hydrogen-bond acceptors (Lipinski definition) is 3. The van der Waals surface area contributed by atoms with Gasteiger partial charge in [0, 0.05) is 16.6 Å². The van der Waals surface area contributed by atoms with Crippen LogP contribution in [0, 0.1) is 6.92 Å². The first-order chi connectivity index (χ1) is 10.7. The van der Waals surface area contributed by atoms with Crippen molar-refractivity contribution >= 4 is 17.7 Å². The molecular formula is C19H22O2S. The number of thioether (sulfide) groups is 1. The number of esters is 1. The van der Waals surface area contributed by atoms with Crippen LogP contribution >= 0.6 is 11.8 Å². The molecule has 0 aliphatic rings. The van der Waals surface area contributed by atoms with E-state index in [2.05, 4.69) is 43.3 Å². The average molecular weight is 314 g/mol. The molecule has 1 unspecified atom stereocenters. The Morgan fingerprint density at radius 1 is 1.09 bits per heavy atom. The van der Waals surface area contributed by atoms with Crippen molar-refractivity contribution < 1.29 is 9.53 Å². The maximum atomic E-state index is 11.9. The zero-order valence-corrected chi connectivity index (χ0v) is 13.9. The fraction of sp³-hybridized carbons (Fsp3) is 0.316. The Balaban J connectivity index is 2.07. The molecule has 0 spiro atoms. The van der Waals surface area contributed by atoms with Crippen LogP contribution in [-0.4, -0.2) is 18.3 Å². The Bertz CT molecular complexity index is 578. The van der Waals surface area contributed by atoms with E-state index in [0.717, 1.165) is 5.75 Å². The molecule has 2 aromatic rings. The molecule has 116 valence electrons. The van der Waals surface area contributed by atoms with E-state index < -0.39 is 0 Å². The summed E-state index contributed by atoms with van der Waals surface area (Å²) in [6.07, 6.45) is 0.427. The summed E-state index contributed by atoms with van der Waals surface area (Å²) in [6, 6.07) is 18.7. The number of carbonyl (C=O) groups excluding carboxylic acids is 1. The number of ether oxygens (including phenoxy) is 1. The van der Waals surface area contributed by atoms with Crippen molar-refractivity contribution in [3.63, 3.8) is 0 Å². The third kappa shape index (κ3) is 5.23. The summed E-state index contributed by atoms with van der Waals surface area (Å²) in [7, 11) is 0. The van der Waals surface area contributed by atoms with Crippen LogP contribution in [0.25, 0.3) is 0 Å². The van der Waals surface area contributed by atoms with Crippen LogP contribution in [0.1, 0.15) is 30.4 Å². The van der Waals surface area contributed by atoms with Gasteiger partial charge in [-0.15, -0.1) is 11.8 Å². The van der Waals surface area contributed by atoms with Crippen LogP contribution < -0.4 is 0 Å². The number of rotatable bonds is 7. The number of hydrogen-bond donors (Lipinski definition) is 0.